The molecule has 6 heteroatoms. The predicted octanol–water partition coefficient (Wildman–Crippen LogP) is 0.475. The molecule has 0 saturated carbocycles. The molecule has 0 unspecified atom stereocenters. The van der Waals surface area contributed by atoms with Crippen molar-refractivity contribution in [1.82, 2.24) is 10.3 Å². The van der Waals surface area contributed by atoms with Crippen molar-refractivity contribution in [3.05, 3.63) is 17.3 Å². The molecule has 0 spiro atoms. The van der Waals surface area contributed by atoms with Crippen LogP contribution in [0, 0.1) is 0 Å². The monoisotopic (exact) mass is 214 g/mol. The molecule has 1 aromatic heterocycles. The van der Waals surface area contributed by atoms with Crippen molar-refractivity contribution < 1.29 is 4.79 Å². The fourth-order valence-electron chi connectivity index (χ4n) is 0.911. The zero-order chi connectivity index (χ0) is 10.6. The molecule has 0 aromatic carbocycles. The van der Waals surface area contributed by atoms with E-state index in [1.165, 1.54) is 0 Å². The van der Waals surface area contributed by atoms with E-state index in [-0.39, 0.29) is 18.3 Å². The Morgan fingerprint density at radius 2 is 2.36 bits per heavy atom. The van der Waals surface area contributed by atoms with Crippen LogP contribution in [0.15, 0.2) is 12.1 Å². The van der Waals surface area contributed by atoms with Gasteiger partial charge < -0.3 is 16.4 Å². The van der Waals surface area contributed by atoms with Gasteiger partial charge in [0.2, 0.25) is 5.91 Å². The highest BCUT2D eigenvalue weighted by molar-refractivity contribution is 6.29. The van der Waals surface area contributed by atoms with Crippen LogP contribution in [0.3, 0.4) is 0 Å². The fourth-order valence-corrected chi connectivity index (χ4v) is 1.06. The minimum Gasteiger partial charge on any atom is -0.382 e. The summed E-state index contributed by atoms with van der Waals surface area (Å²) < 4.78 is 0. The Morgan fingerprint density at radius 3 is 2.93 bits per heavy atom. The molecule has 0 aliphatic carbocycles. The smallest absolute Gasteiger partial charge is 0.238 e. The zero-order valence-electron chi connectivity index (χ0n) is 7.67. The van der Waals surface area contributed by atoms with Crippen LogP contribution in [0.1, 0.15) is 0 Å². The van der Waals surface area contributed by atoms with Crippen LogP contribution >= 0.6 is 11.6 Å². The highest BCUT2D eigenvalue weighted by Crippen LogP contribution is 2.17. The molecule has 0 aliphatic rings. The van der Waals surface area contributed by atoms with Crippen molar-refractivity contribution in [3.8, 4) is 0 Å². The highest BCUT2D eigenvalue weighted by atomic mass is 35.5. The van der Waals surface area contributed by atoms with E-state index in [9.17, 15) is 4.79 Å². The quantitative estimate of drug-likeness (QED) is 0.640. The highest BCUT2D eigenvalue weighted by Gasteiger charge is 2.05. The number of nitrogen functional groups attached to an aromatic ring is 1. The third-order valence-corrected chi connectivity index (χ3v) is 1.71. The summed E-state index contributed by atoms with van der Waals surface area (Å²) >= 11 is 5.60. The number of nitrogens with two attached hydrogens (primary N) is 1. The topological polar surface area (TPSA) is 80.0 Å². The van der Waals surface area contributed by atoms with E-state index in [1.54, 1.807) is 19.2 Å². The Kier molecular flexibility index (Phi) is 3.67. The molecule has 5 nitrogen and oxygen atoms in total. The lowest BCUT2D eigenvalue weighted by Crippen LogP contribution is -2.25. The van der Waals surface area contributed by atoms with Gasteiger partial charge in [-0.05, 0) is 19.2 Å². The van der Waals surface area contributed by atoms with Crippen molar-refractivity contribution >= 4 is 29.0 Å². The molecular formula is C8H11ClN4O. The number of hydrogen-bond donors (Lipinski definition) is 3. The average Bonchev–Trinajstić information content (AvgIpc) is 2.10. The maximum absolute atomic E-state index is 11.2. The normalized spacial score (nSPS) is 9.86. The second-order valence-corrected chi connectivity index (χ2v) is 3.03. The molecule has 0 atom stereocenters. The van der Waals surface area contributed by atoms with Crippen LogP contribution in [-0.4, -0.2) is 24.5 Å². The Morgan fingerprint density at radius 1 is 1.64 bits per heavy atom. The molecule has 0 saturated heterocycles. The van der Waals surface area contributed by atoms with Crippen molar-refractivity contribution in [1.29, 1.82) is 0 Å². The lowest BCUT2D eigenvalue weighted by Gasteiger charge is -2.06. The molecule has 4 N–H and O–H groups in total. The largest absolute Gasteiger partial charge is 0.382 e. The van der Waals surface area contributed by atoms with Crippen LogP contribution in [0.25, 0.3) is 0 Å². The number of carbonyl (C=O) groups excluding carboxylic acids is 1. The van der Waals surface area contributed by atoms with Crippen molar-refractivity contribution in [3.63, 3.8) is 0 Å². The lowest BCUT2D eigenvalue weighted by molar-refractivity contribution is -0.115. The third kappa shape index (κ3) is 2.86. The number of halogens is 1. The Labute approximate surface area is 86.7 Å². The van der Waals surface area contributed by atoms with Crippen molar-refractivity contribution in [2.24, 2.45) is 0 Å². The maximum Gasteiger partial charge on any atom is 0.238 e. The van der Waals surface area contributed by atoms with Crippen molar-refractivity contribution in [2.75, 3.05) is 24.6 Å². The second-order valence-electron chi connectivity index (χ2n) is 2.65. The van der Waals surface area contributed by atoms with Gasteiger partial charge in [-0.3, -0.25) is 4.79 Å². The van der Waals surface area contributed by atoms with Gasteiger partial charge in [0.25, 0.3) is 0 Å². The van der Waals surface area contributed by atoms with Crippen molar-refractivity contribution in [2.45, 2.75) is 0 Å². The number of rotatable bonds is 3. The summed E-state index contributed by atoms with van der Waals surface area (Å²) in [5.41, 5.74) is 6.00. The molecule has 1 rings (SSSR count). The molecule has 0 fully saturated rings. The minimum absolute atomic E-state index is 0.177. The first-order valence-corrected chi connectivity index (χ1v) is 4.37. The number of aromatic nitrogens is 1. The summed E-state index contributed by atoms with van der Waals surface area (Å²) in [6.45, 7) is 0.224. The Bertz CT molecular complexity index is 342. The van der Waals surface area contributed by atoms with E-state index in [1.807, 2.05) is 0 Å². The molecule has 0 aliphatic heterocycles. The van der Waals surface area contributed by atoms with E-state index in [2.05, 4.69) is 15.6 Å². The zero-order valence-corrected chi connectivity index (χ0v) is 8.43. The molecule has 0 bridgehead atoms. The maximum atomic E-state index is 11.2. The molecule has 0 radical (unpaired) electrons. The third-order valence-electron chi connectivity index (χ3n) is 1.50. The predicted molar refractivity (Wildman–Crippen MR) is 56.2 cm³/mol. The van der Waals surface area contributed by atoms with Gasteiger partial charge in [0.15, 0.2) is 0 Å². The number of amides is 1. The number of anilines is 2. The molecule has 14 heavy (non-hydrogen) atoms. The van der Waals surface area contributed by atoms with E-state index in [4.69, 9.17) is 17.3 Å². The van der Waals surface area contributed by atoms with Gasteiger partial charge in [-0.25, -0.2) is 4.98 Å². The summed E-state index contributed by atoms with van der Waals surface area (Å²) in [5.74, 6) is 0.0327. The van der Waals surface area contributed by atoms with Crippen LogP contribution in [-0.2, 0) is 4.79 Å². The van der Waals surface area contributed by atoms with Crippen LogP contribution < -0.4 is 16.4 Å². The van der Waals surface area contributed by atoms with Gasteiger partial charge in [-0.2, -0.15) is 0 Å². The van der Waals surface area contributed by atoms with Gasteiger partial charge in [-0.1, -0.05) is 11.6 Å². The van der Waals surface area contributed by atoms with E-state index in [0.717, 1.165) is 0 Å². The van der Waals surface area contributed by atoms with Gasteiger partial charge >= 0.3 is 0 Å². The first-order chi connectivity index (χ1) is 6.63. The minimum atomic E-state index is -0.177. The van der Waals surface area contributed by atoms with E-state index >= 15 is 0 Å². The SMILES string of the molecule is CNCC(=O)Nc1ccc(Cl)nc1N. The van der Waals surface area contributed by atoms with Crippen LogP contribution in [0.2, 0.25) is 5.15 Å². The van der Waals surface area contributed by atoms with E-state index in [0.29, 0.717) is 10.8 Å². The standard InChI is InChI=1S/C8H11ClN4O/c1-11-4-7(14)12-5-2-3-6(9)13-8(5)10/h2-3,11H,4H2,1H3,(H2,10,13)(H,12,14). The first-order valence-electron chi connectivity index (χ1n) is 4.00. The molecule has 76 valence electrons. The molecule has 1 amide bonds. The van der Waals surface area contributed by atoms with Crippen LogP contribution in [0.4, 0.5) is 11.5 Å². The summed E-state index contributed by atoms with van der Waals surface area (Å²) in [4.78, 5) is 15.0. The number of carbonyl (C=O) groups is 1. The molecule has 1 aromatic rings. The first kappa shape index (κ1) is 10.7. The summed E-state index contributed by atoms with van der Waals surface area (Å²) in [6.07, 6.45) is 0. The second kappa shape index (κ2) is 4.78. The van der Waals surface area contributed by atoms with Gasteiger partial charge in [-0.15, -0.1) is 0 Å². The average molecular weight is 215 g/mol. The Hall–Kier alpha value is -1.33. The number of hydrogen-bond acceptors (Lipinski definition) is 4. The number of pyridine rings is 1. The number of nitrogens with one attached hydrogen (secondary N) is 2. The van der Waals surface area contributed by atoms with E-state index < -0.39 is 0 Å². The summed E-state index contributed by atoms with van der Waals surface area (Å²) in [6, 6.07) is 3.17. The van der Waals surface area contributed by atoms with Crippen LogP contribution in [0.5, 0.6) is 0 Å². The summed E-state index contributed by atoms with van der Waals surface area (Å²) in [7, 11) is 1.68. The molecule has 1 heterocycles. The number of likely N-dealkylation sites (N-methyl/N-ethyl adjacent to an activating group) is 1. The fraction of sp³-hybridized carbons (Fsp3) is 0.250. The lowest BCUT2D eigenvalue weighted by atomic mass is 10.4. The Balaban J connectivity index is 2.72. The van der Waals surface area contributed by atoms with Gasteiger partial charge in [0.1, 0.15) is 11.0 Å². The number of nitrogens with zero attached hydrogens (tertiary/aromatic N) is 1. The summed E-state index contributed by atoms with van der Waals surface area (Å²) in [5, 5.41) is 5.61. The molecular weight excluding hydrogens is 204 g/mol. The van der Waals surface area contributed by atoms with Gasteiger partial charge in [0.05, 0.1) is 12.2 Å². The van der Waals surface area contributed by atoms with Gasteiger partial charge in [0, 0.05) is 0 Å².